The summed E-state index contributed by atoms with van der Waals surface area (Å²) < 4.78 is 5.78. The van der Waals surface area contributed by atoms with Gasteiger partial charge < -0.3 is 20.7 Å². The third kappa shape index (κ3) is 4.27. The van der Waals surface area contributed by atoms with Crippen LogP contribution in [0.3, 0.4) is 0 Å². The second-order valence-corrected chi connectivity index (χ2v) is 7.33. The molecule has 0 saturated carbocycles. The van der Waals surface area contributed by atoms with Gasteiger partial charge in [-0.15, -0.1) is 0 Å². The maximum absolute atomic E-state index is 13.1. The van der Waals surface area contributed by atoms with E-state index in [-0.39, 0.29) is 23.6 Å². The van der Waals surface area contributed by atoms with E-state index in [1.165, 1.54) is 18.3 Å². The zero-order chi connectivity index (χ0) is 22.7. The van der Waals surface area contributed by atoms with Gasteiger partial charge in [-0.3, -0.25) is 9.78 Å². The highest BCUT2D eigenvalue weighted by Gasteiger charge is 2.31. The first-order valence-electron chi connectivity index (χ1n) is 9.99. The fraction of sp³-hybridized carbons (Fsp3) is 0.167. The number of carbonyl (C=O) groups is 1. The minimum absolute atomic E-state index is 0.0449. The lowest BCUT2D eigenvalue weighted by atomic mass is 9.97. The molecule has 0 spiro atoms. The molecule has 0 amide bonds. The smallest absolute Gasteiger partial charge is 0.187 e. The predicted molar refractivity (Wildman–Crippen MR) is 119 cm³/mol. The van der Waals surface area contributed by atoms with E-state index in [1.54, 1.807) is 18.5 Å². The first-order chi connectivity index (χ1) is 15.5. The fourth-order valence-corrected chi connectivity index (χ4v) is 3.45. The monoisotopic (exact) mass is 430 g/mol. The van der Waals surface area contributed by atoms with Gasteiger partial charge in [-0.05, 0) is 23.8 Å². The number of ketones is 1. The van der Waals surface area contributed by atoms with Crippen LogP contribution in [0.5, 0.6) is 0 Å². The average Bonchev–Trinajstić information content (AvgIpc) is 2.82. The molecule has 162 valence electrons. The van der Waals surface area contributed by atoms with Crippen LogP contribution in [0.1, 0.15) is 21.6 Å². The number of aliphatic hydroxyl groups excluding tert-OH is 2. The van der Waals surface area contributed by atoms with Crippen molar-refractivity contribution in [1.29, 1.82) is 0 Å². The molecule has 2 aromatic heterocycles. The highest BCUT2D eigenvalue weighted by Crippen LogP contribution is 2.29. The summed E-state index contributed by atoms with van der Waals surface area (Å²) in [7, 11) is 0. The summed E-state index contributed by atoms with van der Waals surface area (Å²) in [5.41, 5.74) is 8.21. The van der Waals surface area contributed by atoms with Crippen molar-refractivity contribution in [2.45, 2.75) is 24.7 Å². The molecule has 3 heterocycles. The van der Waals surface area contributed by atoms with Crippen molar-refractivity contribution < 1.29 is 19.7 Å². The molecule has 3 aromatic rings. The Labute approximate surface area is 184 Å². The standard InChI is InChI=1S/C24H22N4O4/c1-2-20-23(31)19(30)11-21(32-20)16-8-9-26-12-15(16)10-18(29)22-17(25)13-27-24(28-22)14-6-4-3-5-7-14/h2-9,11-13,19-20,23,30-31H,1,10,25H2/t19-,20-,23+/m1/s1. The van der Waals surface area contributed by atoms with E-state index in [4.69, 9.17) is 10.5 Å². The van der Waals surface area contributed by atoms with Crippen LogP contribution in [0.2, 0.25) is 0 Å². The third-order valence-electron chi connectivity index (χ3n) is 5.14. The Morgan fingerprint density at radius 2 is 1.97 bits per heavy atom. The normalized spacial score (nSPS) is 20.2. The number of benzene rings is 1. The molecule has 8 nitrogen and oxygen atoms in total. The van der Waals surface area contributed by atoms with Crippen molar-refractivity contribution in [2.75, 3.05) is 5.73 Å². The number of nitrogens with zero attached hydrogens (tertiary/aromatic N) is 3. The van der Waals surface area contributed by atoms with Crippen LogP contribution in [-0.2, 0) is 11.2 Å². The maximum atomic E-state index is 13.1. The Bertz CT molecular complexity index is 1180. The Morgan fingerprint density at radius 3 is 2.72 bits per heavy atom. The van der Waals surface area contributed by atoms with Crippen molar-refractivity contribution in [3.8, 4) is 11.4 Å². The Morgan fingerprint density at radius 1 is 1.19 bits per heavy atom. The number of Topliss-reactive ketones (excluding diaryl/α,β-unsaturated/α-hetero) is 1. The van der Waals surface area contributed by atoms with Crippen molar-refractivity contribution in [1.82, 2.24) is 15.0 Å². The molecule has 4 N–H and O–H groups in total. The van der Waals surface area contributed by atoms with Gasteiger partial charge in [0, 0.05) is 29.9 Å². The van der Waals surface area contributed by atoms with Crippen molar-refractivity contribution in [2.24, 2.45) is 0 Å². The first kappa shape index (κ1) is 21.4. The topological polar surface area (TPSA) is 131 Å². The second-order valence-electron chi connectivity index (χ2n) is 7.33. The summed E-state index contributed by atoms with van der Waals surface area (Å²) >= 11 is 0. The van der Waals surface area contributed by atoms with E-state index in [1.807, 2.05) is 30.3 Å². The van der Waals surface area contributed by atoms with Crippen LogP contribution in [0.4, 0.5) is 5.69 Å². The molecule has 4 rings (SSSR count). The molecule has 3 atom stereocenters. The molecule has 0 bridgehead atoms. The van der Waals surface area contributed by atoms with Gasteiger partial charge in [0.05, 0.1) is 11.9 Å². The van der Waals surface area contributed by atoms with Crippen LogP contribution in [-0.4, -0.2) is 49.3 Å². The highest BCUT2D eigenvalue weighted by atomic mass is 16.5. The summed E-state index contributed by atoms with van der Waals surface area (Å²) in [5, 5.41) is 20.2. The van der Waals surface area contributed by atoms with E-state index in [2.05, 4.69) is 21.5 Å². The number of hydrogen-bond donors (Lipinski definition) is 3. The average molecular weight is 430 g/mol. The van der Waals surface area contributed by atoms with Crippen LogP contribution in [0, 0.1) is 0 Å². The molecular formula is C24H22N4O4. The van der Waals surface area contributed by atoms with E-state index in [0.29, 0.717) is 22.7 Å². The van der Waals surface area contributed by atoms with Gasteiger partial charge in [0.25, 0.3) is 0 Å². The molecule has 0 radical (unpaired) electrons. The van der Waals surface area contributed by atoms with E-state index >= 15 is 0 Å². The van der Waals surface area contributed by atoms with Crippen molar-refractivity contribution >= 4 is 17.2 Å². The number of anilines is 1. The Balaban J connectivity index is 1.65. The lowest BCUT2D eigenvalue weighted by molar-refractivity contribution is -0.0339. The highest BCUT2D eigenvalue weighted by molar-refractivity contribution is 6.00. The van der Waals surface area contributed by atoms with Gasteiger partial charge in [-0.2, -0.15) is 0 Å². The molecule has 8 heteroatoms. The van der Waals surface area contributed by atoms with Gasteiger partial charge in [0.1, 0.15) is 29.8 Å². The van der Waals surface area contributed by atoms with Crippen LogP contribution < -0.4 is 5.73 Å². The zero-order valence-corrected chi connectivity index (χ0v) is 17.1. The van der Waals surface area contributed by atoms with Gasteiger partial charge in [-0.25, -0.2) is 9.97 Å². The molecule has 1 aliphatic heterocycles. The number of ether oxygens (including phenoxy) is 1. The summed E-state index contributed by atoms with van der Waals surface area (Å²) in [6.45, 7) is 3.63. The minimum atomic E-state index is -1.13. The summed E-state index contributed by atoms with van der Waals surface area (Å²) in [6, 6.07) is 11.0. The molecule has 0 fully saturated rings. The van der Waals surface area contributed by atoms with Crippen LogP contribution in [0.15, 0.2) is 73.7 Å². The number of rotatable bonds is 6. The molecule has 0 unspecified atom stereocenters. The molecular weight excluding hydrogens is 408 g/mol. The van der Waals surface area contributed by atoms with Gasteiger partial charge in [0.2, 0.25) is 0 Å². The van der Waals surface area contributed by atoms with Crippen LogP contribution in [0.25, 0.3) is 17.1 Å². The predicted octanol–water partition coefficient (Wildman–Crippen LogP) is 2.19. The number of aliphatic hydroxyl groups is 2. The quantitative estimate of drug-likeness (QED) is 0.401. The maximum Gasteiger partial charge on any atom is 0.187 e. The van der Waals surface area contributed by atoms with Crippen molar-refractivity contribution in [3.05, 3.63) is 90.5 Å². The van der Waals surface area contributed by atoms with Crippen LogP contribution >= 0.6 is 0 Å². The number of aromatic nitrogens is 3. The Hall–Kier alpha value is -3.88. The minimum Gasteiger partial charge on any atom is -0.483 e. The van der Waals surface area contributed by atoms with Gasteiger partial charge in [-0.1, -0.05) is 36.9 Å². The molecule has 1 aromatic carbocycles. The summed E-state index contributed by atoms with van der Waals surface area (Å²) in [4.78, 5) is 25.9. The van der Waals surface area contributed by atoms with E-state index in [0.717, 1.165) is 5.56 Å². The summed E-state index contributed by atoms with van der Waals surface area (Å²) in [5.74, 6) is 0.422. The molecule has 0 saturated heterocycles. The van der Waals surface area contributed by atoms with E-state index < -0.39 is 18.3 Å². The number of nitrogens with two attached hydrogens (primary N) is 1. The number of hydrogen-bond acceptors (Lipinski definition) is 8. The van der Waals surface area contributed by atoms with Gasteiger partial charge in [0.15, 0.2) is 11.6 Å². The third-order valence-corrected chi connectivity index (χ3v) is 5.14. The lowest BCUT2D eigenvalue weighted by Crippen LogP contribution is -2.40. The SMILES string of the molecule is C=C[C@H]1OC(c2ccncc2CC(=O)c2nc(-c3ccccc3)ncc2N)=C[C@@H](O)[C@@H]1O. The molecule has 1 aliphatic rings. The summed E-state index contributed by atoms with van der Waals surface area (Å²) in [6.07, 6.45) is 4.26. The largest absolute Gasteiger partial charge is 0.483 e. The zero-order valence-electron chi connectivity index (χ0n) is 17.1. The van der Waals surface area contributed by atoms with E-state index in [9.17, 15) is 15.0 Å². The molecule has 32 heavy (non-hydrogen) atoms. The lowest BCUT2D eigenvalue weighted by Gasteiger charge is -2.30. The second kappa shape index (κ2) is 9.09. The number of pyridine rings is 1. The number of carbonyl (C=O) groups excluding carboxylic acids is 1. The molecule has 0 aliphatic carbocycles. The first-order valence-corrected chi connectivity index (χ1v) is 9.99. The fourth-order valence-electron chi connectivity index (χ4n) is 3.45. The number of nitrogen functional groups attached to an aromatic ring is 1. The van der Waals surface area contributed by atoms with Crippen molar-refractivity contribution in [3.63, 3.8) is 0 Å². The van der Waals surface area contributed by atoms with Gasteiger partial charge >= 0.3 is 0 Å². The Kier molecular flexibility index (Phi) is 6.07.